The first-order valence-corrected chi connectivity index (χ1v) is 14.2. The van der Waals surface area contributed by atoms with Crippen LogP contribution in [-0.2, 0) is 24.3 Å². The minimum Gasteiger partial charge on any atom is -0.508 e. The normalized spacial score (nSPS) is 19.6. The fourth-order valence-electron chi connectivity index (χ4n) is 6.18. The second-order valence-corrected chi connectivity index (χ2v) is 10.9. The third kappa shape index (κ3) is 5.79. The molecule has 0 saturated carbocycles. The number of aromatic hydroxyl groups is 1. The van der Waals surface area contributed by atoms with E-state index in [9.17, 15) is 19.1 Å². The molecule has 2 fully saturated rings. The summed E-state index contributed by atoms with van der Waals surface area (Å²) in [5.74, 6) is -0.0369. The molecule has 8 nitrogen and oxygen atoms in total. The van der Waals surface area contributed by atoms with Gasteiger partial charge in [0, 0.05) is 26.2 Å². The number of nitrogens with one attached hydrogen (secondary N) is 1. The fraction of sp³-hybridized carbons (Fsp3) is 0.273. The number of carbonyl (C=O) groups is 2. The SMILES string of the molecule is O=C1CN(CF)N(C(=O)NCc2ccccc2)[C@H]2CN(Cc3cccc4ccccc34)C[C@H](Cc3ccc(O)cc3)N12. The predicted octanol–water partition coefficient (Wildman–Crippen LogP) is 4.50. The predicted molar refractivity (Wildman–Crippen MR) is 159 cm³/mol. The van der Waals surface area contributed by atoms with Crippen molar-refractivity contribution in [3.63, 3.8) is 0 Å². The van der Waals surface area contributed by atoms with Crippen LogP contribution in [0.4, 0.5) is 9.18 Å². The van der Waals surface area contributed by atoms with Gasteiger partial charge < -0.3 is 15.3 Å². The molecule has 2 aliphatic heterocycles. The summed E-state index contributed by atoms with van der Waals surface area (Å²) in [5, 5.41) is 17.6. The molecule has 4 aromatic carbocycles. The highest BCUT2D eigenvalue weighted by Crippen LogP contribution is 2.30. The summed E-state index contributed by atoms with van der Waals surface area (Å²) >= 11 is 0. The molecule has 0 spiro atoms. The topological polar surface area (TPSA) is 79.4 Å². The van der Waals surface area contributed by atoms with Crippen LogP contribution in [0.2, 0.25) is 0 Å². The molecule has 6 rings (SSSR count). The summed E-state index contributed by atoms with van der Waals surface area (Å²) < 4.78 is 14.4. The van der Waals surface area contributed by atoms with Gasteiger partial charge in [-0.05, 0) is 46.0 Å². The van der Waals surface area contributed by atoms with Crippen molar-refractivity contribution in [2.24, 2.45) is 0 Å². The van der Waals surface area contributed by atoms with Gasteiger partial charge in [-0.2, -0.15) is 5.01 Å². The Bertz CT molecular complexity index is 1550. The van der Waals surface area contributed by atoms with Crippen molar-refractivity contribution in [3.05, 3.63) is 114 Å². The zero-order chi connectivity index (χ0) is 29.1. The van der Waals surface area contributed by atoms with Gasteiger partial charge in [0.2, 0.25) is 5.91 Å². The van der Waals surface area contributed by atoms with Crippen molar-refractivity contribution in [3.8, 4) is 5.75 Å². The number of hydrazine groups is 1. The molecule has 2 atom stereocenters. The fourth-order valence-corrected chi connectivity index (χ4v) is 6.18. The number of piperazine rings is 1. The molecule has 2 N–H and O–H groups in total. The molecule has 0 aromatic heterocycles. The Morgan fingerprint density at radius 1 is 0.881 bits per heavy atom. The number of hydrogen-bond acceptors (Lipinski definition) is 5. The van der Waals surface area contributed by atoms with E-state index in [4.69, 9.17) is 0 Å². The Labute approximate surface area is 244 Å². The number of benzene rings is 4. The van der Waals surface area contributed by atoms with Gasteiger partial charge >= 0.3 is 6.03 Å². The van der Waals surface area contributed by atoms with Gasteiger partial charge in [0.15, 0.2) is 6.80 Å². The third-order valence-electron chi connectivity index (χ3n) is 8.11. The lowest BCUT2D eigenvalue weighted by Gasteiger charge is -2.55. The molecule has 0 unspecified atom stereocenters. The van der Waals surface area contributed by atoms with E-state index in [-0.39, 0.29) is 30.8 Å². The van der Waals surface area contributed by atoms with Crippen LogP contribution in [0.1, 0.15) is 16.7 Å². The molecule has 42 heavy (non-hydrogen) atoms. The van der Waals surface area contributed by atoms with Gasteiger partial charge in [0.25, 0.3) is 0 Å². The van der Waals surface area contributed by atoms with Crippen molar-refractivity contribution in [1.29, 1.82) is 0 Å². The largest absolute Gasteiger partial charge is 0.508 e. The quantitative estimate of drug-likeness (QED) is 0.322. The molecule has 216 valence electrons. The first kappa shape index (κ1) is 27.7. The Morgan fingerprint density at radius 3 is 2.40 bits per heavy atom. The summed E-state index contributed by atoms with van der Waals surface area (Å²) in [6.07, 6.45) is -0.160. The molecule has 2 saturated heterocycles. The molecule has 4 aromatic rings. The number of rotatable bonds is 7. The van der Waals surface area contributed by atoms with Gasteiger partial charge in [0.05, 0.1) is 6.04 Å². The van der Waals surface area contributed by atoms with E-state index >= 15 is 0 Å². The summed E-state index contributed by atoms with van der Waals surface area (Å²) in [7, 11) is 0. The monoisotopic (exact) mass is 567 g/mol. The van der Waals surface area contributed by atoms with Crippen LogP contribution in [0.3, 0.4) is 0 Å². The smallest absolute Gasteiger partial charge is 0.334 e. The lowest BCUT2D eigenvalue weighted by atomic mass is 9.98. The van der Waals surface area contributed by atoms with Crippen LogP contribution in [0.5, 0.6) is 5.75 Å². The summed E-state index contributed by atoms with van der Waals surface area (Å²) in [5.41, 5.74) is 3.04. The molecule has 0 bridgehead atoms. The number of phenols is 1. The van der Waals surface area contributed by atoms with Crippen LogP contribution in [0.25, 0.3) is 10.8 Å². The van der Waals surface area contributed by atoms with Crippen molar-refractivity contribution in [2.45, 2.75) is 31.7 Å². The molecule has 0 radical (unpaired) electrons. The molecule has 2 heterocycles. The molecular formula is C33H34FN5O3. The van der Waals surface area contributed by atoms with Gasteiger partial charge in [0.1, 0.15) is 18.5 Å². The van der Waals surface area contributed by atoms with Gasteiger partial charge in [-0.1, -0.05) is 84.9 Å². The number of hydrogen-bond donors (Lipinski definition) is 2. The van der Waals surface area contributed by atoms with Gasteiger partial charge in [-0.25, -0.2) is 14.2 Å². The van der Waals surface area contributed by atoms with Crippen LogP contribution in [0, 0.1) is 0 Å². The number of alkyl halides is 1. The Hall–Kier alpha value is -4.47. The number of urea groups is 1. The minimum absolute atomic E-state index is 0.173. The molecule has 0 aliphatic carbocycles. The van der Waals surface area contributed by atoms with Crippen molar-refractivity contribution < 1.29 is 19.1 Å². The van der Waals surface area contributed by atoms with Crippen molar-refractivity contribution in [1.82, 2.24) is 25.1 Å². The highest BCUT2D eigenvalue weighted by atomic mass is 19.1. The lowest BCUT2D eigenvalue weighted by Crippen LogP contribution is -2.75. The number of amides is 3. The van der Waals surface area contributed by atoms with Crippen molar-refractivity contribution in [2.75, 3.05) is 26.4 Å². The number of fused-ring (bicyclic) bond motifs is 2. The summed E-state index contributed by atoms with van der Waals surface area (Å²) in [4.78, 5) is 31.2. The van der Waals surface area contributed by atoms with Crippen LogP contribution < -0.4 is 5.32 Å². The van der Waals surface area contributed by atoms with E-state index in [1.54, 1.807) is 17.0 Å². The Kier molecular flexibility index (Phi) is 8.03. The second kappa shape index (κ2) is 12.2. The number of halogens is 1. The average molecular weight is 568 g/mol. The van der Waals surface area contributed by atoms with Gasteiger partial charge in [-0.3, -0.25) is 9.69 Å². The molecule has 2 aliphatic rings. The molecule has 9 heteroatoms. The number of nitrogens with zero attached hydrogens (tertiary/aromatic N) is 4. The standard InChI is InChI=1S/C33H34FN5O3/c34-23-37-22-32(41)38-28(17-24-13-15-29(40)16-14-24)20-36(19-27-11-6-10-26-9-4-5-12-30(26)27)21-31(38)39(37)33(42)35-18-25-7-2-1-3-8-25/h1-16,28,31,40H,17-23H2,(H,35,42)/t28-,31-/m0/s1. The van der Waals surface area contributed by atoms with Crippen molar-refractivity contribution >= 4 is 22.7 Å². The summed E-state index contributed by atoms with van der Waals surface area (Å²) in [6, 6.07) is 30.3. The highest BCUT2D eigenvalue weighted by Gasteiger charge is 2.48. The van der Waals surface area contributed by atoms with E-state index < -0.39 is 19.0 Å². The van der Waals surface area contributed by atoms with Crippen LogP contribution in [0.15, 0.2) is 97.1 Å². The number of phenolic OH excluding ortho intramolecular Hbond substituents is 1. The Balaban J connectivity index is 1.32. The van der Waals surface area contributed by atoms with E-state index in [1.165, 1.54) is 10.0 Å². The van der Waals surface area contributed by atoms with E-state index in [1.807, 2.05) is 60.7 Å². The Morgan fingerprint density at radius 2 is 1.62 bits per heavy atom. The zero-order valence-corrected chi connectivity index (χ0v) is 23.3. The van der Waals surface area contributed by atoms with Crippen LogP contribution in [-0.4, -0.2) is 75.5 Å². The maximum Gasteiger partial charge on any atom is 0.334 e. The third-order valence-corrected chi connectivity index (χ3v) is 8.11. The lowest BCUT2D eigenvalue weighted by molar-refractivity contribution is -0.190. The maximum absolute atomic E-state index is 14.4. The highest BCUT2D eigenvalue weighted by molar-refractivity contribution is 5.86. The van der Waals surface area contributed by atoms with E-state index in [0.717, 1.165) is 27.5 Å². The number of carbonyl (C=O) groups excluding carboxylic acids is 2. The molecular weight excluding hydrogens is 533 g/mol. The van der Waals surface area contributed by atoms with E-state index in [2.05, 4.69) is 34.5 Å². The molecule has 3 amide bonds. The van der Waals surface area contributed by atoms with Crippen LogP contribution >= 0.6 is 0 Å². The van der Waals surface area contributed by atoms with E-state index in [0.29, 0.717) is 26.1 Å². The maximum atomic E-state index is 14.4. The first-order valence-electron chi connectivity index (χ1n) is 14.2. The summed E-state index contributed by atoms with van der Waals surface area (Å²) in [6.45, 7) is 0.675. The minimum atomic E-state index is -0.958. The first-order chi connectivity index (χ1) is 20.5. The van der Waals surface area contributed by atoms with Gasteiger partial charge in [-0.15, -0.1) is 0 Å². The second-order valence-electron chi connectivity index (χ2n) is 10.9. The zero-order valence-electron chi connectivity index (χ0n) is 23.3. The average Bonchev–Trinajstić information content (AvgIpc) is 3.01.